The van der Waals surface area contributed by atoms with Gasteiger partial charge in [0.15, 0.2) is 0 Å². The zero-order valence-electron chi connectivity index (χ0n) is 25.7. The highest BCUT2D eigenvalue weighted by Crippen LogP contribution is 2.28. The van der Waals surface area contributed by atoms with Gasteiger partial charge in [0.2, 0.25) is 17.7 Å². The number of ether oxygens (including phenoxy) is 2. The van der Waals surface area contributed by atoms with Gasteiger partial charge >= 0.3 is 0 Å². The van der Waals surface area contributed by atoms with Gasteiger partial charge in [-0.05, 0) is 48.7 Å². The molecular weight excluding hydrogens is 582 g/mol. The smallest absolute Gasteiger partial charge is 0.255 e. The van der Waals surface area contributed by atoms with Crippen molar-refractivity contribution in [3.63, 3.8) is 0 Å². The third-order valence-corrected chi connectivity index (χ3v) is 7.31. The number of fused-ring (bicyclic) bond motifs is 11. The fraction of sp³-hybridized carbons (Fsp3) is 0.419. The summed E-state index contributed by atoms with van der Waals surface area (Å²) in [6, 6.07) is 8.14. The third kappa shape index (κ3) is 8.79. The van der Waals surface area contributed by atoms with E-state index in [4.69, 9.17) is 9.47 Å². The molecule has 4 bridgehead atoms. The number of aromatic nitrogens is 3. The van der Waals surface area contributed by atoms with E-state index >= 15 is 0 Å². The zero-order valence-corrected chi connectivity index (χ0v) is 25.7. The molecule has 5 N–H and O–H groups in total. The third-order valence-electron chi connectivity index (χ3n) is 7.31. The summed E-state index contributed by atoms with van der Waals surface area (Å²) in [7, 11) is 1.60. The molecule has 3 heterocycles. The number of hydrogen-bond donors (Lipinski definition) is 5. The first-order valence-electron chi connectivity index (χ1n) is 14.7. The lowest BCUT2D eigenvalue weighted by molar-refractivity contribution is -0.132. The van der Waals surface area contributed by atoms with Gasteiger partial charge in [-0.25, -0.2) is 0 Å². The summed E-state index contributed by atoms with van der Waals surface area (Å²) in [5.41, 5.74) is 0.670. The number of benzene rings is 2. The molecule has 0 unspecified atom stereocenters. The molecule has 14 heteroatoms. The van der Waals surface area contributed by atoms with Crippen LogP contribution in [-0.2, 0) is 38.5 Å². The summed E-state index contributed by atoms with van der Waals surface area (Å²) >= 11 is 0. The molecule has 2 aliphatic rings. The van der Waals surface area contributed by atoms with Gasteiger partial charge < -0.3 is 40.4 Å². The molecule has 240 valence electrons. The number of amides is 4. The summed E-state index contributed by atoms with van der Waals surface area (Å²) in [5.74, 6) is -1.48. The van der Waals surface area contributed by atoms with Crippen LogP contribution in [0.25, 0.3) is 0 Å². The van der Waals surface area contributed by atoms with Crippen molar-refractivity contribution in [2.45, 2.75) is 58.3 Å². The first-order chi connectivity index (χ1) is 21.5. The highest BCUT2D eigenvalue weighted by molar-refractivity contribution is 6.00. The number of carbonyl (C=O) groups is 4. The largest absolute Gasteiger partial charge is 0.507 e. The van der Waals surface area contributed by atoms with Gasteiger partial charge in [-0.1, -0.05) is 26.0 Å². The van der Waals surface area contributed by atoms with Crippen LogP contribution < -0.4 is 26.0 Å². The normalized spacial score (nSPS) is 19.1. The first kappa shape index (κ1) is 32.9. The van der Waals surface area contributed by atoms with Crippen molar-refractivity contribution in [2.75, 3.05) is 20.3 Å². The maximum atomic E-state index is 13.4. The zero-order chi connectivity index (χ0) is 32.5. The van der Waals surface area contributed by atoms with Crippen LogP contribution >= 0.6 is 0 Å². The lowest BCUT2D eigenvalue weighted by atomic mass is 10.0. The van der Waals surface area contributed by atoms with Crippen LogP contribution in [0.2, 0.25) is 0 Å². The Bertz CT molecular complexity index is 1510. The number of aromatic hydroxyl groups is 1. The fourth-order valence-corrected chi connectivity index (χ4v) is 4.72. The van der Waals surface area contributed by atoms with Crippen molar-refractivity contribution in [3.8, 4) is 17.2 Å². The van der Waals surface area contributed by atoms with E-state index in [0.717, 1.165) is 5.56 Å². The van der Waals surface area contributed by atoms with Crippen molar-refractivity contribution < 1.29 is 33.8 Å². The summed E-state index contributed by atoms with van der Waals surface area (Å²) < 4.78 is 12.9. The van der Waals surface area contributed by atoms with Crippen molar-refractivity contribution in [1.29, 1.82) is 0 Å². The Hall–Kier alpha value is -4.98. The van der Waals surface area contributed by atoms with E-state index in [1.54, 1.807) is 51.6 Å². The molecule has 2 aromatic carbocycles. The summed E-state index contributed by atoms with van der Waals surface area (Å²) in [6.07, 6.45) is 2.17. The van der Waals surface area contributed by atoms with E-state index in [9.17, 15) is 24.3 Å². The van der Waals surface area contributed by atoms with Crippen molar-refractivity contribution in [2.24, 2.45) is 5.92 Å². The van der Waals surface area contributed by atoms with E-state index in [-0.39, 0.29) is 30.2 Å². The number of rotatable bonds is 8. The summed E-state index contributed by atoms with van der Waals surface area (Å²) in [6.45, 7) is 6.29. The summed E-state index contributed by atoms with van der Waals surface area (Å²) in [4.78, 5) is 52.9. The number of hydrogen-bond acceptors (Lipinski definition) is 9. The number of nitrogens with one attached hydrogen (secondary N) is 4. The quantitative estimate of drug-likeness (QED) is 0.230. The molecule has 4 amide bonds. The van der Waals surface area contributed by atoms with E-state index in [1.807, 2.05) is 4.57 Å². The van der Waals surface area contributed by atoms with Crippen molar-refractivity contribution in [3.05, 3.63) is 65.7 Å². The molecule has 0 aliphatic carbocycles. The molecule has 0 fully saturated rings. The second-order valence-corrected chi connectivity index (χ2v) is 11.1. The van der Waals surface area contributed by atoms with E-state index in [1.165, 1.54) is 25.1 Å². The second kappa shape index (κ2) is 15.1. The predicted octanol–water partition coefficient (Wildman–Crippen LogP) is 1.08. The minimum atomic E-state index is -1.03. The van der Waals surface area contributed by atoms with Gasteiger partial charge in [-0.15, -0.1) is 10.2 Å². The van der Waals surface area contributed by atoms with Crippen LogP contribution in [0.15, 0.2) is 48.8 Å². The van der Waals surface area contributed by atoms with Crippen LogP contribution in [-0.4, -0.2) is 81.9 Å². The standard InChI is InChI=1S/C31H39N7O7/c1-18(2)27-31(43)34-19(3)28(40)35-24(30(42)32-12-11-26-37-33-17-38(26)13-14-44-4)15-20-5-7-21(8-6-20)45-22-9-10-25(39)23(16-22)29(41)36-27/h5-10,16-19,24,27,39H,11-15H2,1-4H3,(H,32,42)(H,34,43)(H,35,40)(H,36,41)/t19-,24+,27-/m0/s1. The number of nitrogens with zero attached hydrogens (tertiary/aromatic N) is 3. The molecular formula is C31H39N7O7. The molecule has 0 saturated carbocycles. The molecule has 5 rings (SSSR count). The topological polar surface area (TPSA) is 186 Å². The molecule has 0 spiro atoms. The number of carbonyl (C=O) groups excluding carboxylic acids is 4. The maximum absolute atomic E-state index is 13.4. The Balaban J connectivity index is 1.56. The lowest BCUT2D eigenvalue weighted by Crippen LogP contribution is -2.57. The number of phenolic OH excluding ortho intramolecular Hbond substituents is 1. The molecule has 3 atom stereocenters. The molecule has 14 nitrogen and oxygen atoms in total. The first-order valence-corrected chi connectivity index (χ1v) is 14.7. The number of phenols is 1. The molecule has 45 heavy (non-hydrogen) atoms. The minimum Gasteiger partial charge on any atom is -0.507 e. The van der Waals surface area contributed by atoms with Crippen LogP contribution in [0.4, 0.5) is 0 Å². The molecule has 0 saturated heterocycles. The van der Waals surface area contributed by atoms with Gasteiger partial charge in [-0.3, -0.25) is 19.2 Å². The Labute approximate surface area is 260 Å². The fourth-order valence-electron chi connectivity index (χ4n) is 4.72. The summed E-state index contributed by atoms with van der Waals surface area (Å²) in [5, 5.41) is 29.3. The van der Waals surface area contributed by atoms with Gasteiger partial charge in [0.1, 0.15) is 47.5 Å². The van der Waals surface area contributed by atoms with Crippen LogP contribution in [0.5, 0.6) is 17.2 Å². The van der Waals surface area contributed by atoms with Gasteiger partial charge in [0.05, 0.1) is 12.2 Å². The van der Waals surface area contributed by atoms with Crippen molar-refractivity contribution >= 4 is 23.6 Å². The Morgan fingerprint density at radius 1 is 1.09 bits per heavy atom. The molecule has 2 aliphatic heterocycles. The van der Waals surface area contributed by atoms with E-state index in [0.29, 0.717) is 36.9 Å². The Morgan fingerprint density at radius 2 is 1.82 bits per heavy atom. The predicted molar refractivity (Wildman–Crippen MR) is 163 cm³/mol. The van der Waals surface area contributed by atoms with Crippen LogP contribution in [0.1, 0.15) is 42.5 Å². The number of methoxy groups -OCH3 is 1. The van der Waals surface area contributed by atoms with Gasteiger partial charge in [-0.2, -0.15) is 0 Å². The monoisotopic (exact) mass is 621 g/mol. The lowest BCUT2D eigenvalue weighted by Gasteiger charge is -2.25. The van der Waals surface area contributed by atoms with Gasteiger partial charge in [0.25, 0.3) is 5.91 Å². The Morgan fingerprint density at radius 3 is 2.53 bits per heavy atom. The SMILES string of the molecule is COCCn1cnnc1CCNC(=O)[C@H]1Cc2ccc(cc2)Oc2ccc(O)c(c2)C(=O)N[C@@H](C(C)C)C(=O)N[C@@H](C)C(=O)N1. The molecule has 0 radical (unpaired) electrons. The highest BCUT2D eigenvalue weighted by atomic mass is 16.5. The maximum Gasteiger partial charge on any atom is 0.255 e. The van der Waals surface area contributed by atoms with E-state index < -0.39 is 41.8 Å². The second-order valence-electron chi connectivity index (χ2n) is 11.1. The molecule has 1 aromatic heterocycles. The van der Waals surface area contributed by atoms with Gasteiger partial charge in [0, 0.05) is 33.0 Å². The average molecular weight is 622 g/mol. The highest BCUT2D eigenvalue weighted by Gasteiger charge is 2.30. The van der Waals surface area contributed by atoms with Crippen LogP contribution in [0.3, 0.4) is 0 Å². The Kier molecular flexibility index (Phi) is 11.1. The average Bonchev–Trinajstić information content (AvgIpc) is 3.46. The van der Waals surface area contributed by atoms with E-state index in [2.05, 4.69) is 31.5 Å². The molecule has 3 aromatic rings. The van der Waals surface area contributed by atoms with Crippen molar-refractivity contribution in [1.82, 2.24) is 36.0 Å². The van der Waals surface area contributed by atoms with Crippen LogP contribution in [0, 0.1) is 5.92 Å². The minimum absolute atomic E-state index is 0.0708.